The first-order chi connectivity index (χ1) is 9.79. The Morgan fingerprint density at radius 1 is 1.14 bits per heavy atom. The molecule has 0 radical (unpaired) electrons. The zero-order chi connectivity index (χ0) is 16.0. The molecule has 2 atom stereocenters. The number of nitrogens with one attached hydrogen (secondary N) is 1. The van der Waals surface area contributed by atoms with Gasteiger partial charge < -0.3 is 4.74 Å². The molecule has 0 aliphatic rings. The minimum Gasteiger partial charge on any atom is -0.377 e. The molecule has 0 amide bonds. The highest BCUT2D eigenvalue weighted by Crippen LogP contribution is 2.23. The fraction of sp³-hybridized carbons (Fsp3) is 0.667. The van der Waals surface area contributed by atoms with Crippen LogP contribution in [0.15, 0.2) is 24.3 Å². The molecule has 3 nitrogen and oxygen atoms in total. The maximum Gasteiger partial charge on any atom is 0.0767 e. The predicted molar refractivity (Wildman–Crippen MR) is 90.2 cm³/mol. The summed E-state index contributed by atoms with van der Waals surface area (Å²) in [6.45, 7) is 13.8. The molecule has 1 rings (SSSR count). The van der Waals surface area contributed by atoms with E-state index in [0.717, 1.165) is 6.42 Å². The van der Waals surface area contributed by atoms with E-state index < -0.39 is 0 Å². The highest BCUT2D eigenvalue weighted by molar-refractivity contribution is 5.28. The molecule has 0 heterocycles. The summed E-state index contributed by atoms with van der Waals surface area (Å²) in [4.78, 5) is 0. The molecule has 120 valence electrons. The van der Waals surface area contributed by atoms with Crippen molar-refractivity contribution in [1.29, 1.82) is 0 Å². The Labute approximate surface area is 130 Å². The number of benzene rings is 1. The van der Waals surface area contributed by atoms with Crippen molar-refractivity contribution < 1.29 is 4.74 Å². The second kappa shape index (κ2) is 7.92. The molecule has 3 heteroatoms. The summed E-state index contributed by atoms with van der Waals surface area (Å²) in [5, 5.41) is 0. The number of rotatable bonds is 7. The quantitative estimate of drug-likeness (QED) is 0.598. The van der Waals surface area contributed by atoms with Gasteiger partial charge in [-0.25, -0.2) is 0 Å². The van der Waals surface area contributed by atoms with Crippen LogP contribution in [0.2, 0.25) is 0 Å². The first-order valence-electron chi connectivity index (χ1n) is 7.96. The maximum atomic E-state index is 5.86. The monoisotopic (exact) mass is 292 g/mol. The lowest BCUT2D eigenvalue weighted by molar-refractivity contribution is 0.00355. The summed E-state index contributed by atoms with van der Waals surface area (Å²) in [6, 6.07) is 8.97. The van der Waals surface area contributed by atoms with Crippen LogP contribution in [0.4, 0.5) is 0 Å². The van der Waals surface area contributed by atoms with Crippen molar-refractivity contribution in [3.8, 4) is 0 Å². The molecule has 21 heavy (non-hydrogen) atoms. The number of hydrogen-bond acceptors (Lipinski definition) is 3. The van der Waals surface area contributed by atoms with E-state index >= 15 is 0 Å². The summed E-state index contributed by atoms with van der Waals surface area (Å²) >= 11 is 0. The third-order valence-corrected chi connectivity index (χ3v) is 3.90. The minimum absolute atomic E-state index is 0.127. The largest absolute Gasteiger partial charge is 0.377 e. The molecular formula is C18H32N2O. The van der Waals surface area contributed by atoms with Crippen LogP contribution in [0.25, 0.3) is 0 Å². The number of hydrazine groups is 1. The lowest BCUT2D eigenvalue weighted by Gasteiger charge is -2.29. The second-order valence-corrected chi connectivity index (χ2v) is 7.09. The maximum absolute atomic E-state index is 5.86. The van der Waals surface area contributed by atoms with Gasteiger partial charge >= 0.3 is 0 Å². The molecule has 0 spiro atoms. The van der Waals surface area contributed by atoms with Crippen molar-refractivity contribution in [2.24, 2.45) is 11.8 Å². The average Bonchev–Trinajstić information content (AvgIpc) is 2.42. The molecule has 2 unspecified atom stereocenters. The van der Waals surface area contributed by atoms with Crippen LogP contribution in [0.5, 0.6) is 0 Å². The van der Waals surface area contributed by atoms with Gasteiger partial charge in [0.15, 0.2) is 0 Å². The van der Waals surface area contributed by atoms with Crippen LogP contribution in [-0.4, -0.2) is 18.8 Å². The Kier molecular flexibility index (Phi) is 6.85. The number of ether oxygens (including phenoxy) is 1. The standard InChI is InChI=1S/C18H32N2O/c1-7-21-17(13(2)3)16(20-19)12-14-8-10-15(11-9-14)18(4,5)6/h8-11,13,16-17,20H,7,12,19H2,1-6H3. The minimum atomic E-state index is 0.127. The Hall–Kier alpha value is -0.900. The Morgan fingerprint density at radius 3 is 2.10 bits per heavy atom. The number of hydrogen-bond donors (Lipinski definition) is 2. The van der Waals surface area contributed by atoms with E-state index in [4.69, 9.17) is 10.6 Å². The van der Waals surface area contributed by atoms with Gasteiger partial charge in [-0.15, -0.1) is 0 Å². The lowest BCUT2D eigenvalue weighted by atomic mass is 9.86. The molecule has 0 bridgehead atoms. The van der Waals surface area contributed by atoms with E-state index in [1.807, 2.05) is 6.92 Å². The molecule has 0 saturated carbocycles. The van der Waals surface area contributed by atoms with Crippen LogP contribution in [0.1, 0.15) is 52.7 Å². The van der Waals surface area contributed by atoms with Gasteiger partial charge in [-0.05, 0) is 35.8 Å². The smallest absolute Gasteiger partial charge is 0.0767 e. The van der Waals surface area contributed by atoms with Crippen LogP contribution >= 0.6 is 0 Å². The van der Waals surface area contributed by atoms with Crippen molar-refractivity contribution in [3.05, 3.63) is 35.4 Å². The lowest BCUT2D eigenvalue weighted by Crippen LogP contribution is -2.48. The topological polar surface area (TPSA) is 47.3 Å². The van der Waals surface area contributed by atoms with Crippen molar-refractivity contribution in [3.63, 3.8) is 0 Å². The normalized spacial score (nSPS) is 15.2. The summed E-state index contributed by atoms with van der Waals surface area (Å²) in [6.07, 6.45) is 1.01. The molecular weight excluding hydrogens is 260 g/mol. The van der Waals surface area contributed by atoms with Crippen molar-refractivity contribution in [2.45, 2.75) is 65.5 Å². The third kappa shape index (κ3) is 5.42. The van der Waals surface area contributed by atoms with E-state index in [2.05, 4.69) is 64.3 Å². The fourth-order valence-corrected chi connectivity index (χ4v) is 2.63. The molecule has 0 aromatic heterocycles. The molecule has 0 fully saturated rings. The van der Waals surface area contributed by atoms with E-state index in [-0.39, 0.29) is 17.6 Å². The first kappa shape index (κ1) is 18.1. The van der Waals surface area contributed by atoms with Crippen molar-refractivity contribution >= 4 is 0 Å². The Bertz CT molecular complexity index is 406. The van der Waals surface area contributed by atoms with Gasteiger partial charge in [0.2, 0.25) is 0 Å². The van der Waals surface area contributed by atoms with Gasteiger partial charge in [0.25, 0.3) is 0 Å². The second-order valence-electron chi connectivity index (χ2n) is 7.09. The van der Waals surface area contributed by atoms with Gasteiger partial charge in [-0.2, -0.15) is 0 Å². The summed E-state index contributed by atoms with van der Waals surface area (Å²) < 4.78 is 5.86. The van der Waals surface area contributed by atoms with Crippen LogP contribution in [0.3, 0.4) is 0 Å². The molecule has 1 aromatic rings. The molecule has 1 aromatic carbocycles. The molecule has 0 saturated heterocycles. The summed E-state index contributed by atoms with van der Waals surface area (Å²) in [5.74, 6) is 6.19. The van der Waals surface area contributed by atoms with E-state index in [9.17, 15) is 0 Å². The van der Waals surface area contributed by atoms with Crippen molar-refractivity contribution in [1.82, 2.24) is 5.43 Å². The average molecular weight is 292 g/mol. The highest BCUT2D eigenvalue weighted by atomic mass is 16.5. The molecule has 0 aliphatic heterocycles. The van der Waals surface area contributed by atoms with Crippen molar-refractivity contribution in [2.75, 3.05) is 6.61 Å². The number of nitrogens with two attached hydrogens (primary N) is 1. The zero-order valence-corrected chi connectivity index (χ0v) is 14.4. The van der Waals surface area contributed by atoms with E-state index in [0.29, 0.717) is 12.5 Å². The van der Waals surface area contributed by atoms with Crippen LogP contribution < -0.4 is 11.3 Å². The molecule has 0 aliphatic carbocycles. The predicted octanol–water partition coefficient (Wildman–Crippen LogP) is 3.42. The van der Waals surface area contributed by atoms with Gasteiger partial charge in [0, 0.05) is 6.61 Å². The Balaban J connectivity index is 2.81. The van der Waals surface area contributed by atoms with E-state index in [1.54, 1.807) is 0 Å². The zero-order valence-electron chi connectivity index (χ0n) is 14.4. The summed E-state index contributed by atoms with van der Waals surface area (Å²) in [5.41, 5.74) is 5.77. The van der Waals surface area contributed by atoms with E-state index in [1.165, 1.54) is 11.1 Å². The fourth-order valence-electron chi connectivity index (χ4n) is 2.63. The SMILES string of the molecule is CCOC(C(C)C)C(Cc1ccc(C(C)(C)C)cc1)NN. The summed E-state index contributed by atoms with van der Waals surface area (Å²) in [7, 11) is 0. The highest BCUT2D eigenvalue weighted by Gasteiger charge is 2.24. The Morgan fingerprint density at radius 2 is 1.71 bits per heavy atom. The molecule has 3 N–H and O–H groups in total. The van der Waals surface area contributed by atoms with Gasteiger partial charge in [0.1, 0.15) is 0 Å². The third-order valence-electron chi connectivity index (χ3n) is 3.90. The van der Waals surface area contributed by atoms with Gasteiger partial charge in [-0.3, -0.25) is 11.3 Å². The van der Waals surface area contributed by atoms with Crippen LogP contribution in [0, 0.1) is 5.92 Å². The van der Waals surface area contributed by atoms with Gasteiger partial charge in [0.05, 0.1) is 12.1 Å². The van der Waals surface area contributed by atoms with Gasteiger partial charge in [-0.1, -0.05) is 58.9 Å². The van der Waals surface area contributed by atoms with Crippen LogP contribution in [-0.2, 0) is 16.6 Å². The first-order valence-corrected chi connectivity index (χ1v) is 7.96.